The van der Waals surface area contributed by atoms with E-state index in [0.29, 0.717) is 18.9 Å². The van der Waals surface area contributed by atoms with Crippen LogP contribution in [0.25, 0.3) is 0 Å². The van der Waals surface area contributed by atoms with Gasteiger partial charge in [0.25, 0.3) is 11.8 Å². The van der Waals surface area contributed by atoms with Crippen molar-refractivity contribution in [1.29, 1.82) is 0 Å². The second kappa shape index (κ2) is 12.9. The number of aromatic nitrogens is 2. The Kier molecular flexibility index (Phi) is 9.45. The summed E-state index contributed by atoms with van der Waals surface area (Å²) < 4.78 is 0. The Balaban J connectivity index is 1.35. The number of aliphatic hydroxyl groups excluding tert-OH is 1. The van der Waals surface area contributed by atoms with Crippen LogP contribution in [0.3, 0.4) is 0 Å². The maximum atomic E-state index is 14.5. The Bertz CT molecular complexity index is 1340. The maximum absolute atomic E-state index is 14.5. The van der Waals surface area contributed by atoms with Gasteiger partial charge in [-0.1, -0.05) is 41.5 Å². The van der Waals surface area contributed by atoms with Crippen molar-refractivity contribution in [3.05, 3.63) is 24.3 Å². The van der Waals surface area contributed by atoms with Crippen molar-refractivity contribution in [2.45, 2.75) is 116 Å². The monoisotopic (exact) mass is 639 g/mol. The van der Waals surface area contributed by atoms with Crippen LogP contribution in [0.4, 0.5) is 0 Å². The third kappa shape index (κ3) is 7.34. The summed E-state index contributed by atoms with van der Waals surface area (Å²) in [6.45, 7) is 11.4. The van der Waals surface area contributed by atoms with Gasteiger partial charge in [-0.2, -0.15) is 0 Å². The van der Waals surface area contributed by atoms with Crippen molar-refractivity contribution in [3.8, 4) is 0 Å². The fourth-order valence-corrected chi connectivity index (χ4v) is 7.30. The molecule has 0 radical (unpaired) electrons. The molecule has 3 heterocycles. The molecule has 2 saturated heterocycles. The van der Waals surface area contributed by atoms with Gasteiger partial charge in [0.05, 0.1) is 12.2 Å². The van der Waals surface area contributed by atoms with E-state index < -0.39 is 58.8 Å². The summed E-state index contributed by atoms with van der Waals surface area (Å²) in [6, 6.07) is -3.46. The summed E-state index contributed by atoms with van der Waals surface area (Å²) in [5.41, 5.74) is -1.39. The van der Waals surface area contributed by atoms with Crippen molar-refractivity contribution in [2.75, 3.05) is 6.54 Å². The maximum Gasteiger partial charge on any atom is 0.272 e. The first-order valence-electron chi connectivity index (χ1n) is 16.5. The number of likely N-dealkylation sites (tertiary alicyclic amines) is 1. The van der Waals surface area contributed by atoms with E-state index in [2.05, 4.69) is 31.2 Å². The molecule has 252 valence electrons. The van der Waals surface area contributed by atoms with Crippen LogP contribution in [0.2, 0.25) is 0 Å². The van der Waals surface area contributed by atoms with Crippen LogP contribution < -0.4 is 21.3 Å². The fraction of sp³-hybridized carbons (Fsp3) is 0.727. The molecular formula is C33H49N7O6. The summed E-state index contributed by atoms with van der Waals surface area (Å²) in [6.07, 6.45) is 7.45. The summed E-state index contributed by atoms with van der Waals surface area (Å²) in [5, 5.41) is 22.4. The normalized spacial score (nSPS) is 28.1. The highest BCUT2D eigenvalue weighted by Gasteiger charge is 2.55. The van der Waals surface area contributed by atoms with Crippen molar-refractivity contribution < 1.29 is 29.1 Å². The Morgan fingerprint density at radius 3 is 2.24 bits per heavy atom. The van der Waals surface area contributed by atoms with Crippen molar-refractivity contribution >= 4 is 29.5 Å². The molecule has 2 saturated carbocycles. The third-order valence-corrected chi connectivity index (χ3v) is 9.96. The molecular weight excluding hydrogens is 590 g/mol. The van der Waals surface area contributed by atoms with E-state index in [1.54, 1.807) is 4.90 Å². The zero-order valence-electron chi connectivity index (χ0n) is 27.7. The molecule has 46 heavy (non-hydrogen) atoms. The Labute approximate surface area is 270 Å². The molecule has 8 atom stereocenters. The molecule has 1 aromatic heterocycles. The lowest BCUT2D eigenvalue weighted by Gasteiger charge is -2.38. The lowest BCUT2D eigenvalue weighted by Crippen LogP contribution is -2.63. The summed E-state index contributed by atoms with van der Waals surface area (Å²) in [7, 11) is 0. The second-order valence-electron chi connectivity index (χ2n) is 15.8. The van der Waals surface area contributed by atoms with Gasteiger partial charge in [-0.05, 0) is 67.1 Å². The van der Waals surface area contributed by atoms with E-state index in [1.165, 1.54) is 18.6 Å². The van der Waals surface area contributed by atoms with Crippen molar-refractivity contribution in [3.63, 3.8) is 0 Å². The van der Waals surface area contributed by atoms with Crippen molar-refractivity contribution in [2.24, 2.45) is 28.6 Å². The molecule has 2 aliphatic carbocycles. The second-order valence-corrected chi connectivity index (χ2v) is 15.8. The summed E-state index contributed by atoms with van der Waals surface area (Å²) in [5.74, 6) is -1.88. The predicted octanol–water partition coefficient (Wildman–Crippen LogP) is 0.923. The number of aliphatic hydroxyl groups is 1. The lowest BCUT2D eigenvalue weighted by molar-refractivity contribution is -0.146. The number of fused-ring (bicyclic) bond motifs is 1. The summed E-state index contributed by atoms with van der Waals surface area (Å²) >= 11 is 0. The molecule has 0 aromatic carbocycles. The zero-order chi connectivity index (χ0) is 33.6. The molecule has 5 rings (SSSR count). The number of nitrogens with zero attached hydrogens (tertiary/aromatic N) is 3. The number of amides is 5. The minimum Gasteiger partial charge on any atom is -0.381 e. The van der Waals surface area contributed by atoms with E-state index in [4.69, 9.17) is 0 Å². The van der Waals surface area contributed by atoms with Crippen LogP contribution in [0, 0.1) is 28.6 Å². The minimum atomic E-state index is -1.38. The minimum absolute atomic E-state index is 0.0463. The number of nitrogens with one attached hydrogen (secondary N) is 4. The average molecular weight is 640 g/mol. The highest BCUT2D eigenvalue weighted by molar-refractivity contribution is 5.98. The van der Waals surface area contributed by atoms with Gasteiger partial charge >= 0.3 is 0 Å². The Hall–Kier alpha value is -3.61. The topological polar surface area (TPSA) is 183 Å². The lowest BCUT2D eigenvalue weighted by atomic mass is 9.82. The molecule has 13 nitrogen and oxygen atoms in total. The van der Waals surface area contributed by atoms with E-state index >= 15 is 0 Å². The van der Waals surface area contributed by atoms with E-state index in [9.17, 15) is 29.1 Å². The largest absolute Gasteiger partial charge is 0.381 e. The van der Waals surface area contributed by atoms with Crippen LogP contribution >= 0.6 is 0 Å². The van der Waals surface area contributed by atoms with Gasteiger partial charge in [-0.3, -0.25) is 29.0 Å². The van der Waals surface area contributed by atoms with Crippen LogP contribution in [0.15, 0.2) is 18.6 Å². The predicted molar refractivity (Wildman–Crippen MR) is 168 cm³/mol. The Morgan fingerprint density at radius 1 is 0.935 bits per heavy atom. The number of hydrogen-bond donors (Lipinski definition) is 5. The van der Waals surface area contributed by atoms with E-state index in [0.717, 1.165) is 32.1 Å². The van der Waals surface area contributed by atoms with Crippen molar-refractivity contribution in [1.82, 2.24) is 36.1 Å². The highest BCUT2D eigenvalue weighted by atomic mass is 16.3. The molecule has 4 fully saturated rings. The number of rotatable bonds is 8. The standard InChI is InChI=1S/C33H49N7O6/c1-32(2,3)25(38-27(42)22-15-34-11-12-35-22)30(45)39-26(33(4,5)6)31(46)40-16-18-13-17-7-10-21(24(41)29(44)36-19-8-9-19)37-28(43)23(40)20(18)14-17/h11-12,15,17-21,23-26,41H,7-10,13-14,16H2,1-6H3,(H,36,44)(H,37,43)(H,38,42)(H,39,45)/t17?,18-,20-,21-,23-,24?,25+,26+/m0/s1. The molecule has 5 N–H and O–H groups in total. The molecule has 0 spiro atoms. The van der Waals surface area contributed by atoms with Gasteiger partial charge in [0.2, 0.25) is 17.7 Å². The zero-order valence-corrected chi connectivity index (χ0v) is 27.7. The first-order valence-corrected chi connectivity index (χ1v) is 16.5. The van der Waals surface area contributed by atoms with Gasteiger partial charge in [-0.25, -0.2) is 4.98 Å². The first kappa shape index (κ1) is 33.7. The van der Waals surface area contributed by atoms with Gasteiger partial charge < -0.3 is 31.3 Å². The number of carbonyl (C=O) groups excluding carboxylic acids is 5. The quantitative estimate of drug-likeness (QED) is 0.278. The first-order chi connectivity index (χ1) is 21.5. The van der Waals surface area contributed by atoms with E-state index in [-0.39, 0.29) is 35.4 Å². The number of hydrogen-bond acceptors (Lipinski definition) is 8. The molecule has 2 unspecified atom stereocenters. The van der Waals surface area contributed by atoms with Crippen LogP contribution in [-0.2, 0) is 19.2 Å². The Morgan fingerprint density at radius 2 is 1.63 bits per heavy atom. The molecule has 13 heteroatoms. The molecule has 5 amide bonds. The smallest absolute Gasteiger partial charge is 0.272 e. The van der Waals surface area contributed by atoms with Crippen LogP contribution in [-0.4, -0.2) is 92.4 Å². The van der Waals surface area contributed by atoms with Crippen LogP contribution in [0.5, 0.6) is 0 Å². The van der Waals surface area contributed by atoms with Gasteiger partial charge in [0.1, 0.15) is 23.8 Å². The van der Waals surface area contributed by atoms with Gasteiger partial charge in [-0.15, -0.1) is 0 Å². The molecule has 4 aliphatic rings. The van der Waals surface area contributed by atoms with Crippen LogP contribution in [0.1, 0.15) is 90.6 Å². The van der Waals surface area contributed by atoms with E-state index in [1.807, 2.05) is 41.5 Å². The molecule has 2 bridgehead atoms. The third-order valence-electron chi connectivity index (χ3n) is 9.96. The molecule has 1 aromatic rings. The van der Waals surface area contributed by atoms with Gasteiger partial charge in [0.15, 0.2) is 6.10 Å². The average Bonchev–Trinajstić information content (AvgIpc) is 3.59. The summed E-state index contributed by atoms with van der Waals surface area (Å²) in [4.78, 5) is 77.5. The molecule has 2 aliphatic heterocycles. The SMILES string of the molecule is CC(C)(C)[C@H](NC(=O)c1cnccn1)C(=O)N[C@H](C(=O)N1C[C@@H]2CC3CC[C@@H](C(O)C(=O)NC4CC4)NC(=O)[C@@H]1[C@H]2C3)C(C)(C)C. The highest BCUT2D eigenvalue weighted by Crippen LogP contribution is 2.48. The van der Waals surface area contributed by atoms with Gasteiger partial charge in [0, 0.05) is 25.0 Å². The fourth-order valence-electron chi connectivity index (χ4n) is 7.30. The number of carbonyl (C=O) groups is 5.